The highest BCUT2D eigenvalue weighted by Gasteiger charge is 2.32. The predicted molar refractivity (Wildman–Crippen MR) is 64.0 cm³/mol. The van der Waals surface area contributed by atoms with E-state index in [2.05, 4.69) is 19.2 Å². The van der Waals surface area contributed by atoms with Gasteiger partial charge in [-0.2, -0.15) is 0 Å². The summed E-state index contributed by atoms with van der Waals surface area (Å²) >= 11 is 0. The molecule has 0 bridgehead atoms. The number of ether oxygens (including phenoxy) is 1. The summed E-state index contributed by atoms with van der Waals surface area (Å²) in [5.74, 6) is 0.126. The van der Waals surface area contributed by atoms with Gasteiger partial charge in [0.15, 0.2) is 0 Å². The molecular formula is C12H24N2O2. The van der Waals surface area contributed by atoms with Gasteiger partial charge in [-0.3, -0.25) is 4.79 Å². The van der Waals surface area contributed by atoms with Crippen molar-refractivity contribution < 1.29 is 9.53 Å². The largest absolute Gasteiger partial charge is 0.378 e. The first-order valence-electron chi connectivity index (χ1n) is 6.14. The second-order valence-electron chi connectivity index (χ2n) is 5.02. The van der Waals surface area contributed by atoms with Crippen LogP contribution in [-0.2, 0) is 9.53 Å². The summed E-state index contributed by atoms with van der Waals surface area (Å²) in [5.41, 5.74) is 5.40. The SMILES string of the molecule is CCC(C)(CCN)NC(=O)C1COC(C)C1. The van der Waals surface area contributed by atoms with Gasteiger partial charge in [-0.1, -0.05) is 6.92 Å². The molecule has 0 saturated carbocycles. The zero-order valence-electron chi connectivity index (χ0n) is 10.6. The van der Waals surface area contributed by atoms with E-state index in [1.165, 1.54) is 0 Å². The second-order valence-corrected chi connectivity index (χ2v) is 5.02. The summed E-state index contributed by atoms with van der Waals surface area (Å²) in [6, 6.07) is 0. The zero-order chi connectivity index (χ0) is 12.2. The summed E-state index contributed by atoms with van der Waals surface area (Å²) in [5, 5.41) is 3.11. The van der Waals surface area contributed by atoms with Gasteiger partial charge >= 0.3 is 0 Å². The highest BCUT2D eigenvalue weighted by atomic mass is 16.5. The Morgan fingerprint density at radius 3 is 2.75 bits per heavy atom. The molecule has 0 aromatic heterocycles. The fraction of sp³-hybridized carbons (Fsp3) is 0.917. The molecule has 1 aliphatic rings. The third kappa shape index (κ3) is 3.46. The third-order valence-corrected chi connectivity index (χ3v) is 3.47. The lowest BCUT2D eigenvalue weighted by Crippen LogP contribution is -2.49. The Morgan fingerprint density at radius 1 is 1.62 bits per heavy atom. The minimum absolute atomic E-state index is 0.0126. The molecule has 1 heterocycles. The van der Waals surface area contributed by atoms with Gasteiger partial charge in [-0.15, -0.1) is 0 Å². The number of carbonyl (C=O) groups excluding carboxylic acids is 1. The number of amides is 1. The Bertz CT molecular complexity index is 245. The molecule has 3 unspecified atom stereocenters. The van der Waals surface area contributed by atoms with Gasteiger partial charge in [0.2, 0.25) is 5.91 Å². The zero-order valence-corrected chi connectivity index (χ0v) is 10.6. The van der Waals surface area contributed by atoms with Gasteiger partial charge in [-0.05, 0) is 39.7 Å². The number of hydrogen-bond acceptors (Lipinski definition) is 3. The van der Waals surface area contributed by atoms with Gasteiger partial charge in [-0.25, -0.2) is 0 Å². The van der Waals surface area contributed by atoms with Crippen LogP contribution in [0.15, 0.2) is 0 Å². The van der Waals surface area contributed by atoms with Crippen molar-refractivity contribution >= 4 is 5.91 Å². The molecule has 16 heavy (non-hydrogen) atoms. The predicted octanol–water partition coefficient (Wildman–Crippen LogP) is 1.05. The number of carbonyl (C=O) groups is 1. The lowest BCUT2D eigenvalue weighted by atomic mass is 9.93. The average Bonchev–Trinajstić information content (AvgIpc) is 2.65. The van der Waals surface area contributed by atoms with Crippen LogP contribution in [-0.4, -0.2) is 30.7 Å². The normalized spacial score (nSPS) is 28.8. The minimum atomic E-state index is -0.169. The fourth-order valence-electron chi connectivity index (χ4n) is 2.05. The number of hydrogen-bond donors (Lipinski definition) is 2. The van der Waals surface area contributed by atoms with Crippen LogP contribution in [0, 0.1) is 5.92 Å². The Labute approximate surface area is 97.9 Å². The maximum Gasteiger partial charge on any atom is 0.225 e. The van der Waals surface area contributed by atoms with Crippen LogP contribution < -0.4 is 11.1 Å². The smallest absolute Gasteiger partial charge is 0.225 e. The van der Waals surface area contributed by atoms with E-state index >= 15 is 0 Å². The standard InChI is InChI=1S/C12H24N2O2/c1-4-12(3,5-6-13)14-11(15)10-7-9(2)16-8-10/h9-10H,4-8,13H2,1-3H3,(H,14,15). The molecule has 1 amide bonds. The molecule has 0 radical (unpaired) electrons. The lowest BCUT2D eigenvalue weighted by Gasteiger charge is -2.30. The van der Waals surface area contributed by atoms with Crippen molar-refractivity contribution in [2.24, 2.45) is 11.7 Å². The fourth-order valence-corrected chi connectivity index (χ4v) is 2.05. The molecule has 0 aromatic rings. The van der Waals surface area contributed by atoms with Crippen molar-refractivity contribution in [3.05, 3.63) is 0 Å². The minimum Gasteiger partial charge on any atom is -0.378 e. The highest BCUT2D eigenvalue weighted by molar-refractivity contribution is 5.79. The Morgan fingerprint density at radius 2 is 2.31 bits per heavy atom. The third-order valence-electron chi connectivity index (χ3n) is 3.47. The van der Waals surface area contributed by atoms with E-state index in [1.54, 1.807) is 0 Å². The van der Waals surface area contributed by atoms with Crippen LogP contribution in [0.5, 0.6) is 0 Å². The van der Waals surface area contributed by atoms with Crippen molar-refractivity contribution in [3.8, 4) is 0 Å². The summed E-state index contributed by atoms with van der Waals surface area (Å²) in [6.07, 6.45) is 2.75. The first-order valence-corrected chi connectivity index (χ1v) is 6.14. The van der Waals surface area contributed by atoms with Crippen LogP contribution in [0.25, 0.3) is 0 Å². The number of nitrogens with one attached hydrogen (secondary N) is 1. The molecule has 4 nitrogen and oxygen atoms in total. The summed E-state index contributed by atoms with van der Waals surface area (Å²) in [7, 11) is 0. The van der Waals surface area contributed by atoms with Gasteiger partial charge in [0.05, 0.1) is 18.6 Å². The van der Waals surface area contributed by atoms with Crippen LogP contribution in [0.1, 0.15) is 40.0 Å². The van der Waals surface area contributed by atoms with E-state index in [-0.39, 0.29) is 23.5 Å². The summed E-state index contributed by atoms with van der Waals surface area (Å²) in [4.78, 5) is 12.0. The van der Waals surface area contributed by atoms with Crippen molar-refractivity contribution in [3.63, 3.8) is 0 Å². The molecule has 1 rings (SSSR count). The molecule has 1 aliphatic heterocycles. The first-order chi connectivity index (χ1) is 7.50. The van der Waals surface area contributed by atoms with Gasteiger partial charge in [0, 0.05) is 5.54 Å². The van der Waals surface area contributed by atoms with Gasteiger partial charge in [0.25, 0.3) is 0 Å². The van der Waals surface area contributed by atoms with E-state index in [9.17, 15) is 4.79 Å². The van der Waals surface area contributed by atoms with Crippen molar-refractivity contribution in [2.75, 3.05) is 13.2 Å². The topological polar surface area (TPSA) is 64.3 Å². The first kappa shape index (κ1) is 13.5. The van der Waals surface area contributed by atoms with Crippen LogP contribution in [0.3, 0.4) is 0 Å². The molecule has 0 aromatic carbocycles. The maximum absolute atomic E-state index is 12.0. The van der Waals surface area contributed by atoms with Crippen molar-refractivity contribution in [1.82, 2.24) is 5.32 Å². The number of nitrogens with two attached hydrogens (primary N) is 1. The van der Waals surface area contributed by atoms with E-state index in [0.717, 1.165) is 19.3 Å². The van der Waals surface area contributed by atoms with E-state index in [1.807, 2.05) is 6.92 Å². The molecule has 3 atom stereocenters. The van der Waals surface area contributed by atoms with Crippen LogP contribution >= 0.6 is 0 Å². The molecule has 3 N–H and O–H groups in total. The summed E-state index contributed by atoms with van der Waals surface area (Å²) in [6.45, 7) is 7.28. The average molecular weight is 228 g/mol. The molecular weight excluding hydrogens is 204 g/mol. The summed E-state index contributed by atoms with van der Waals surface area (Å²) < 4.78 is 5.41. The second kappa shape index (κ2) is 5.64. The van der Waals surface area contributed by atoms with Crippen molar-refractivity contribution in [2.45, 2.75) is 51.7 Å². The van der Waals surface area contributed by atoms with Crippen LogP contribution in [0.2, 0.25) is 0 Å². The molecule has 0 spiro atoms. The van der Waals surface area contributed by atoms with Gasteiger partial charge < -0.3 is 15.8 Å². The van der Waals surface area contributed by atoms with Crippen LogP contribution in [0.4, 0.5) is 0 Å². The maximum atomic E-state index is 12.0. The van der Waals surface area contributed by atoms with E-state index in [0.29, 0.717) is 13.2 Å². The molecule has 4 heteroatoms. The van der Waals surface area contributed by atoms with E-state index < -0.39 is 0 Å². The quantitative estimate of drug-likeness (QED) is 0.739. The Balaban J connectivity index is 2.48. The molecule has 1 fully saturated rings. The Hall–Kier alpha value is -0.610. The molecule has 1 saturated heterocycles. The van der Waals surface area contributed by atoms with Gasteiger partial charge in [0.1, 0.15) is 0 Å². The molecule has 0 aliphatic carbocycles. The lowest BCUT2D eigenvalue weighted by molar-refractivity contribution is -0.126. The Kier molecular flexibility index (Phi) is 4.74. The highest BCUT2D eigenvalue weighted by Crippen LogP contribution is 2.21. The van der Waals surface area contributed by atoms with Crippen molar-refractivity contribution in [1.29, 1.82) is 0 Å². The number of rotatable bonds is 5. The van der Waals surface area contributed by atoms with E-state index in [4.69, 9.17) is 10.5 Å². The molecule has 94 valence electrons. The monoisotopic (exact) mass is 228 g/mol.